The molecular formula is C17H23FO3. The molecule has 1 aromatic rings. The van der Waals surface area contributed by atoms with Crippen molar-refractivity contribution in [1.29, 1.82) is 0 Å². The fraction of sp³-hybridized carbons (Fsp3) is 0.588. The normalized spacial score (nSPS) is 17.5. The molecule has 1 aliphatic heterocycles. The predicted octanol–water partition coefficient (Wildman–Crippen LogP) is 3.53. The summed E-state index contributed by atoms with van der Waals surface area (Å²) in [5.41, 5.74) is 1.43. The molecule has 1 fully saturated rings. The first kappa shape index (κ1) is 16.0. The molecule has 0 bridgehead atoms. The van der Waals surface area contributed by atoms with Crippen molar-refractivity contribution < 1.29 is 18.7 Å². The van der Waals surface area contributed by atoms with E-state index in [1.807, 2.05) is 12.1 Å². The third kappa shape index (κ3) is 3.82. The van der Waals surface area contributed by atoms with Crippen LogP contribution in [0.1, 0.15) is 43.7 Å². The second kappa shape index (κ2) is 7.03. The van der Waals surface area contributed by atoms with Crippen molar-refractivity contribution in [3.63, 3.8) is 0 Å². The number of carbonyl (C=O) groups is 1. The first-order valence-corrected chi connectivity index (χ1v) is 7.57. The van der Waals surface area contributed by atoms with E-state index in [0.717, 1.165) is 18.4 Å². The van der Waals surface area contributed by atoms with Gasteiger partial charge in [-0.1, -0.05) is 12.1 Å². The van der Waals surface area contributed by atoms with Crippen LogP contribution < -0.4 is 0 Å². The van der Waals surface area contributed by atoms with Gasteiger partial charge in [0, 0.05) is 25.0 Å². The summed E-state index contributed by atoms with van der Waals surface area (Å²) in [5.74, 6) is -0.370. The third-order valence-corrected chi connectivity index (χ3v) is 4.35. The smallest absolute Gasteiger partial charge is 0.305 e. The number of hydrogen-bond acceptors (Lipinski definition) is 3. The Kier molecular flexibility index (Phi) is 5.34. The molecule has 21 heavy (non-hydrogen) atoms. The van der Waals surface area contributed by atoms with Gasteiger partial charge < -0.3 is 9.47 Å². The molecule has 1 aromatic carbocycles. The Labute approximate surface area is 125 Å². The summed E-state index contributed by atoms with van der Waals surface area (Å²) < 4.78 is 24.4. The minimum atomic E-state index is -0.186. The molecule has 1 saturated heterocycles. The van der Waals surface area contributed by atoms with Gasteiger partial charge >= 0.3 is 5.97 Å². The topological polar surface area (TPSA) is 35.5 Å². The zero-order valence-corrected chi connectivity index (χ0v) is 12.8. The molecule has 0 saturated carbocycles. The highest BCUT2D eigenvalue weighted by molar-refractivity contribution is 5.69. The van der Waals surface area contributed by atoms with Gasteiger partial charge in [0.25, 0.3) is 0 Å². The summed E-state index contributed by atoms with van der Waals surface area (Å²) in [5, 5.41) is 0. The number of aryl methyl sites for hydroxylation is 1. The van der Waals surface area contributed by atoms with Crippen molar-refractivity contribution in [1.82, 2.24) is 0 Å². The fourth-order valence-corrected chi connectivity index (χ4v) is 2.94. The molecule has 0 aliphatic carbocycles. The van der Waals surface area contributed by atoms with Gasteiger partial charge in [-0.3, -0.25) is 4.79 Å². The molecule has 1 aliphatic rings. The van der Waals surface area contributed by atoms with Crippen molar-refractivity contribution in [2.75, 3.05) is 19.8 Å². The minimum absolute atomic E-state index is 0.181. The predicted molar refractivity (Wildman–Crippen MR) is 78.7 cm³/mol. The summed E-state index contributed by atoms with van der Waals surface area (Å²) in [6.07, 6.45) is 2.67. The van der Waals surface area contributed by atoms with E-state index in [-0.39, 0.29) is 17.2 Å². The van der Waals surface area contributed by atoms with E-state index in [1.165, 1.54) is 0 Å². The molecule has 2 rings (SSSR count). The zero-order chi connectivity index (χ0) is 15.3. The Morgan fingerprint density at radius 3 is 2.71 bits per heavy atom. The van der Waals surface area contributed by atoms with Crippen LogP contribution in [0.4, 0.5) is 4.39 Å². The van der Waals surface area contributed by atoms with Crippen LogP contribution in [0.2, 0.25) is 0 Å². The number of carbonyl (C=O) groups excluding carboxylic acids is 1. The molecule has 0 amide bonds. The molecule has 116 valence electrons. The van der Waals surface area contributed by atoms with Gasteiger partial charge in [-0.2, -0.15) is 0 Å². The van der Waals surface area contributed by atoms with Crippen LogP contribution in [-0.4, -0.2) is 25.8 Å². The Hall–Kier alpha value is -1.42. The van der Waals surface area contributed by atoms with E-state index in [0.29, 0.717) is 38.2 Å². The van der Waals surface area contributed by atoms with Gasteiger partial charge in [0.1, 0.15) is 5.82 Å². The van der Waals surface area contributed by atoms with Crippen molar-refractivity contribution in [3.05, 3.63) is 35.1 Å². The van der Waals surface area contributed by atoms with Crippen LogP contribution in [0.15, 0.2) is 18.2 Å². The molecule has 4 heteroatoms. The Bertz CT molecular complexity index is 493. The molecule has 0 atom stereocenters. The second-order valence-corrected chi connectivity index (χ2v) is 5.66. The largest absolute Gasteiger partial charge is 0.466 e. The lowest BCUT2D eigenvalue weighted by atomic mass is 9.71. The van der Waals surface area contributed by atoms with Gasteiger partial charge in [0.15, 0.2) is 0 Å². The van der Waals surface area contributed by atoms with E-state index >= 15 is 0 Å². The second-order valence-electron chi connectivity index (χ2n) is 5.66. The van der Waals surface area contributed by atoms with Crippen LogP contribution in [0.3, 0.4) is 0 Å². The number of hydrogen-bond donors (Lipinski definition) is 0. The molecule has 1 heterocycles. The molecular weight excluding hydrogens is 271 g/mol. The van der Waals surface area contributed by atoms with Gasteiger partial charge in [-0.25, -0.2) is 4.39 Å². The van der Waals surface area contributed by atoms with Crippen LogP contribution in [-0.2, 0) is 19.7 Å². The molecule has 0 radical (unpaired) electrons. The lowest BCUT2D eigenvalue weighted by Gasteiger charge is -2.38. The molecule has 0 N–H and O–H groups in total. The highest BCUT2D eigenvalue weighted by Crippen LogP contribution is 2.39. The molecule has 0 aromatic heterocycles. The average molecular weight is 294 g/mol. The third-order valence-electron chi connectivity index (χ3n) is 4.35. The number of rotatable bonds is 5. The van der Waals surface area contributed by atoms with Crippen molar-refractivity contribution in [3.8, 4) is 0 Å². The maximum atomic E-state index is 13.9. The van der Waals surface area contributed by atoms with Crippen LogP contribution in [0, 0.1) is 12.7 Å². The van der Waals surface area contributed by atoms with E-state index in [4.69, 9.17) is 9.47 Å². The van der Waals surface area contributed by atoms with Crippen molar-refractivity contribution >= 4 is 5.97 Å². The van der Waals surface area contributed by atoms with E-state index in [1.54, 1.807) is 19.9 Å². The number of benzene rings is 1. The lowest BCUT2D eigenvalue weighted by Crippen LogP contribution is -2.34. The zero-order valence-electron chi connectivity index (χ0n) is 12.8. The summed E-state index contributed by atoms with van der Waals surface area (Å²) in [6.45, 7) is 5.26. The van der Waals surface area contributed by atoms with Gasteiger partial charge in [-0.15, -0.1) is 0 Å². The van der Waals surface area contributed by atoms with E-state index in [9.17, 15) is 9.18 Å². The Morgan fingerprint density at radius 1 is 1.38 bits per heavy atom. The maximum absolute atomic E-state index is 13.9. The summed E-state index contributed by atoms with van der Waals surface area (Å²) in [4.78, 5) is 11.7. The molecule has 0 unspecified atom stereocenters. The monoisotopic (exact) mass is 294 g/mol. The van der Waals surface area contributed by atoms with Crippen LogP contribution in [0.25, 0.3) is 0 Å². The fourth-order valence-electron chi connectivity index (χ4n) is 2.94. The van der Waals surface area contributed by atoms with E-state index < -0.39 is 0 Å². The van der Waals surface area contributed by atoms with Gasteiger partial charge in [0.2, 0.25) is 0 Å². The SMILES string of the molecule is CCOC(=O)CCC1(c2ccc(C)c(F)c2)CCOCC1. The maximum Gasteiger partial charge on any atom is 0.305 e. The van der Waals surface area contributed by atoms with Crippen LogP contribution >= 0.6 is 0 Å². The average Bonchev–Trinajstić information content (AvgIpc) is 2.49. The molecule has 0 spiro atoms. The highest BCUT2D eigenvalue weighted by Gasteiger charge is 2.35. The van der Waals surface area contributed by atoms with E-state index in [2.05, 4.69) is 0 Å². The van der Waals surface area contributed by atoms with Crippen LogP contribution in [0.5, 0.6) is 0 Å². The summed E-state index contributed by atoms with van der Waals surface area (Å²) >= 11 is 0. The standard InChI is InChI=1S/C17H23FO3/c1-3-21-16(19)6-7-17(8-10-20-11-9-17)14-5-4-13(2)15(18)12-14/h4-5,12H,3,6-11H2,1-2H3. The first-order valence-electron chi connectivity index (χ1n) is 7.57. The Morgan fingerprint density at radius 2 is 2.10 bits per heavy atom. The molecule has 3 nitrogen and oxygen atoms in total. The number of esters is 1. The first-order chi connectivity index (χ1) is 10.1. The van der Waals surface area contributed by atoms with Crippen molar-refractivity contribution in [2.24, 2.45) is 0 Å². The minimum Gasteiger partial charge on any atom is -0.466 e. The summed E-state index contributed by atoms with van der Waals surface area (Å²) in [7, 11) is 0. The lowest BCUT2D eigenvalue weighted by molar-refractivity contribution is -0.143. The number of ether oxygens (including phenoxy) is 2. The van der Waals surface area contributed by atoms with Gasteiger partial charge in [-0.05, 0) is 50.3 Å². The quantitative estimate of drug-likeness (QED) is 0.779. The van der Waals surface area contributed by atoms with Crippen molar-refractivity contribution in [2.45, 2.75) is 44.9 Å². The summed E-state index contributed by atoms with van der Waals surface area (Å²) in [6, 6.07) is 5.41. The Balaban J connectivity index is 2.19. The highest BCUT2D eigenvalue weighted by atomic mass is 19.1. The van der Waals surface area contributed by atoms with Gasteiger partial charge in [0.05, 0.1) is 6.61 Å². The number of halogens is 1.